The zero-order valence-corrected chi connectivity index (χ0v) is 17.2. The molecule has 6 nitrogen and oxygen atoms in total. The number of nitrogens with zero attached hydrogens (tertiary/aromatic N) is 2. The fourth-order valence-corrected chi connectivity index (χ4v) is 4.17. The predicted molar refractivity (Wildman–Crippen MR) is 116 cm³/mol. The van der Waals surface area contributed by atoms with E-state index in [0.717, 1.165) is 17.9 Å². The molecule has 7 heteroatoms. The van der Waals surface area contributed by atoms with E-state index >= 15 is 0 Å². The van der Waals surface area contributed by atoms with Gasteiger partial charge in [-0.15, -0.1) is 0 Å². The maximum atomic E-state index is 13.1. The second-order valence-corrected chi connectivity index (χ2v) is 7.80. The van der Waals surface area contributed by atoms with Gasteiger partial charge < -0.3 is 15.0 Å². The van der Waals surface area contributed by atoms with Crippen molar-refractivity contribution < 1.29 is 9.53 Å². The number of hydrogen-bond donors (Lipinski definition) is 2. The highest BCUT2D eigenvalue weighted by Crippen LogP contribution is 2.31. The van der Waals surface area contributed by atoms with Crippen LogP contribution in [0.4, 0.5) is 5.69 Å². The van der Waals surface area contributed by atoms with E-state index in [0.29, 0.717) is 43.4 Å². The first-order chi connectivity index (χ1) is 14.1. The number of methoxy groups -OCH3 is 1. The Morgan fingerprint density at radius 1 is 1.24 bits per heavy atom. The van der Waals surface area contributed by atoms with E-state index in [1.54, 1.807) is 19.2 Å². The third-order valence-electron chi connectivity index (χ3n) is 5.57. The van der Waals surface area contributed by atoms with Crippen molar-refractivity contribution >= 4 is 29.0 Å². The van der Waals surface area contributed by atoms with Gasteiger partial charge in [0, 0.05) is 32.4 Å². The summed E-state index contributed by atoms with van der Waals surface area (Å²) in [5, 5.41) is 7.69. The highest BCUT2D eigenvalue weighted by molar-refractivity contribution is 6.33. The summed E-state index contributed by atoms with van der Waals surface area (Å²) in [6.45, 7) is 2.98. The van der Waals surface area contributed by atoms with Crippen LogP contribution in [0.5, 0.6) is 0 Å². The largest absolute Gasteiger partial charge is 0.383 e. The molecule has 2 aliphatic rings. The predicted octanol–water partition coefficient (Wildman–Crippen LogP) is 3.18. The highest BCUT2D eigenvalue weighted by atomic mass is 35.5. The molecule has 4 rings (SSSR count). The summed E-state index contributed by atoms with van der Waals surface area (Å²) in [4.78, 5) is 19.8. The van der Waals surface area contributed by atoms with Crippen LogP contribution in [-0.4, -0.2) is 55.5 Å². The number of amides is 1. The first kappa shape index (κ1) is 19.9. The molecule has 0 saturated carbocycles. The third kappa shape index (κ3) is 4.01. The van der Waals surface area contributed by atoms with Crippen molar-refractivity contribution in [1.82, 2.24) is 10.2 Å². The number of carbonyl (C=O) groups is 1. The number of fused-ring (bicyclic) bond motifs is 1. The summed E-state index contributed by atoms with van der Waals surface area (Å²) in [6, 6.07) is 15.4. The molecule has 2 heterocycles. The minimum atomic E-state index is -0.427. The van der Waals surface area contributed by atoms with Crippen LogP contribution in [0, 0.1) is 0 Å². The van der Waals surface area contributed by atoms with Crippen molar-refractivity contribution in [1.29, 1.82) is 0 Å². The number of halogens is 1. The Kier molecular flexibility index (Phi) is 5.85. The van der Waals surface area contributed by atoms with E-state index in [9.17, 15) is 4.79 Å². The lowest BCUT2D eigenvalue weighted by Crippen LogP contribution is -2.55. The molecule has 29 heavy (non-hydrogen) atoms. The molecule has 1 fully saturated rings. The number of ether oxygens (including phenoxy) is 1. The molecule has 1 spiro atoms. The number of likely N-dealkylation sites (tertiary alicyclic amines) is 1. The van der Waals surface area contributed by atoms with Gasteiger partial charge in [-0.25, -0.2) is 0 Å². The van der Waals surface area contributed by atoms with E-state index in [-0.39, 0.29) is 5.91 Å². The van der Waals surface area contributed by atoms with Crippen LogP contribution in [0.25, 0.3) is 0 Å². The van der Waals surface area contributed by atoms with Crippen LogP contribution in [-0.2, 0) is 11.3 Å². The Balaban J connectivity index is 1.62. The van der Waals surface area contributed by atoms with E-state index in [4.69, 9.17) is 21.3 Å². The highest BCUT2D eigenvalue weighted by Gasteiger charge is 2.45. The summed E-state index contributed by atoms with van der Waals surface area (Å²) in [7, 11) is 1.67. The van der Waals surface area contributed by atoms with Crippen molar-refractivity contribution in [3.05, 3.63) is 64.7 Å². The van der Waals surface area contributed by atoms with Gasteiger partial charge in [0.05, 0.1) is 29.3 Å². The van der Waals surface area contributed by atoms with Crippen molar-refractivity contribution in [3.8, 4) is 0 Å². The smallest absolute Gasteiger partial charge is 0.255 e. The Bertz CT molecular complexity index is 933. The van der Waals surface area contributed by atoms with Crippen molar-refractivity contribution in [3.63, 3.8) is 0 Å². The molecule has 1 saturated heterocycles. The Morgan fingerprint density at radius 2 is 2.03 bits per heavy atom. The number of anilines is 1. The zero-order chi connectivity index (χ0) is 20.3. The first-order valence-electron chi connectivity index (χ1n) is 9.80. The van der Waals surface area contributed by atoms with Crippen LogP contribution in [0.1, 0.15) is 22.3 Å². The van der Waals surface area contributed by atoms with Gasteiger partial charge in [-0.1, -0.05) is 41.9 Å². The Hall–Kier alpha value is -2.41. The second-order valence-electron chi connectivity index (χ2n) is 7.40. The summed E-state index contributed by atoms with van der Waals surface area (Å²) < 4.78 is 5.18. The van der Waals surface area contributed by atoms with Crippen LogP contribution >= 0.6 is 11.6 Å². The SMILES string of the molecule is COCCN=C1Nc2ccccc2CNC12CCN(C(=O)c1ccccc1Cl)C2. The van der Waals surface area contributed by atoms with E-state index in [1.165, 1.54) is 5.56 Å². The van der Waals surface area contributed by atoms with Crippen LogP contribution in [0.15, 0.2) is 53.5 Å². The van der Waals surface area contributed by atoms with E-state index in [2.05, 4.69) is 22.8 Å². The van der Waals surface area contributed by atoms with Gasteiger partial charge in [-0.05, 0) is 30.2 Å². The topological polar surface area (TPSA) is 66.0 Å². The lowest BCUT2D eigenvalue weighted by atomic mass is 9.96. The summed E-state index contributed by atoms with van der Waals surface area (Å²) in [6.07, 6.45) is 0.774. The second kappa shape index (κ2) is 8.53. The molecule has 2 aliphatic heterocycles. The van der Waals surface area contributed by atoms with Gasteiger partial charge in [0.2, 0.25) is 0 Å². The van der Waals surface area contributed by atoms with Gasteiger partial charge in [0.25, 0.3) is 5.91 Å². The number of hydrogen-bond acceptors (Lipinski definition) is 4. The average molecular weight is 413 g/mol. The van der Waals surface area contributed by atoms with E-state index < -0.39 is 5.54 Å². The van der Waals surface area contributed by atoms with Crippen LogP contribution < -0.4 is 10.6 Å². The zero-order valence-electron chi connectivity index (χ0n) is 16.5. The molecule has 2 aromatic carbocycles. The molecular weight excluding hydrogens is 388 g/mol. The van der Waals surface area contributed by atoms with Gasteiger partial charge in [-0.2, -0.15) is 0 Å². The molecule has 1 amide bonds. The number of nitrogens with one attached hydrogen (secondary N) is 2. The average Bonchev–Trinajstić information content (AvgIpc) is 3.11. The van der Waals surface area contributed by atoms with E-state index in [1.807, 2.05) is 29.2 Å². The number of rotatable bonds is 4. The van der Waals surface area contributed by atoms with Crippen LogP contribution in [0.3, 0.4) is 0 Å². The molecule has 0 aliphatic carbocycles. The number of benzene rings is 2. The van der Waals surface area contributed by atoms with Crippen molar-refractivity contribution in [2.45, 2.75) is 18.5 Å². The monoisotopic (exact) mass is 412 g/mol. The molecule has 2 aromatic rings. The van der Waals surface area contributed by atoms with Gasteiger partial charge >= 0.3 is 0 Å². The standard InChI is InChI=1S/C22H25ClN4O2/c1-29-13-11-24-21-22(25-14-16-6-2-5-9-19(16)26-21)10-12-27(15-22)20(28)17-7-3-4-8-18(17)23/h2-9,25H,10-15H2,1H3,(H,24,26). The number of amidine groups is 1. The number of carbonyl (C=O) groups excluding carboxylic acids is 1. The quantitative estimate of drug-likeness (QED) is 0.757. The third-order valence-corrected chi connectivity index (χ3v) is 5.90. The fourth-order valence-electron chi connectivity index (χ4n) is 3.96. The summed E-state index contributed by atoms with van der Waals surface area (Å²) >= 11 is 6.26. The minimum absolute atomic E-state index is 0.0488. The molecule has 0 radical (unpaired) electrons. The van der Waals surface area contributed by atoms with Crippen LogP contribution in [0.2, 0.25) is 5.02 Å². The molecule has 2 N–H and O–H groups in total. The van der Waals surface area contributed by atoms with Gasteiger partial charge in [0.1, 0.15) is 5.84 Å². The summed E-state index contributed by atoms with van der Waals surface area (Å²) in [5.41, 5.74) is 2.33. The Morgan fingerprint density at radius 3 is 2.86 bits per heavy atom. The first-order valence-corrected chi connectivity index (χ1v) is 10.2. The fraction of sp³-hybridized carbons (Fsp3) is 0.364. The molecule has 0 bridgehead atoms. The molecular formula is C22H25ClN4O2. The molecule has 0 aromatic heterocycles. The minimum Gasteiger partial charge on any atom is -0.383 e. The van der Waals surface area contributed by atoms with Gasteiger partial charge in [0.15, 0.2) is 0 Å². The van der Waals surface area contributed by atoms with Crippen molar-refractivity contribution in [2.24, 2.45) is 4.99 Å². The molecule has 152 valence electrons. The molecule has 1 atom stereocenters. The lowest BCUT2D eigenvalue weighted by molar-refractivity contribution is 0.0786. The molecule has 1 unspecified atom stereocenters. The van der Waals surface area contributed by atoms with Crippen molar-refractivity contribution in [2.75, 3.05) is 38.7 Å². The lowest BCUT2D eigenvalue weighted by Gasteiger charge is -2.30. The Labute approximate surface area is 175 Å². The maximum absolute atomic E-state index is 13.1. The normalized spacial score (nSPS) is 22.4. The summed E-state index contributed by atoms with van der Waals surface area (Å²) in [5.74, 6) is 0.807. The number of aliphatic imine (C=N–C) groups is 1. The maximum Gasteiger partial charge on any atom is 0.255 e. The van der Waals surface area contributed by atoms with Gasteiger partial charge in [-0.3, -0.25) is 15.1 Å². The number of para-hydroxylation sites is 1.